The van der Waals surface area contributed by atoms with E-state index in [2.05, 4.69) is 28.1 Å². The molecule has 3 heterocycles. The quantitative estimate of drug-likeness (QED) is 0.296. The molecule has 216 valence electrons. The summed E-state index contributed by atoms with van der Waals surface area (Å²) in [4.78, 5) is 22.2. The molecule has 14 heteroatoms. The van der Waals surface area contributed by atoms with E-state index < -0.39 is 17.8 Å². The number of nitrogens with one attached hydrogen (secondary N) is 1. The summed E-state index contributed by atoms with van der Waals surface area (Å²) in [7, 11) is 1.82. The van der Waals surface area contributed by atoms with Crippen LogP contribution >= 0.6 is 12.8 Å². The number of ether oxygens (including phenoxy) is 1. The summed E-state index contributed by atoms with van der Waals surface area (Å²) in [6.45, 7) is 7.39. The van der Waals surface area contributed by atoms with Gasteiger partial charge in [0.15, 0.2) is 5.65 Å². The monoisotopic (exact) mass is 586 g/mol. The van der Waals surface area contributed by atoms with Crippen LogP contribution in [0.15, 0.2) is 48.7 Å². The fraction of sp³-hybridized carbons (Fsp3) is 0.333. The Morgan fingerprint density at radius 3 is 2.61 bits per heavy atom. The second-order valence-corrected chi connectivity index (χ2v) is 9.88. The molecular weight excluding hydrogens is 557 g/mol. The third-order valence-electron chi connectivity index (χ3n) is 6.76. The van der Waals surface area contributed by atoms with Crippen molar-refractivity contribution in [3.63, 3.8) is 0 Å². The molecular formula is C27H29F3N8O2S. The van der Waals surface area contributed by atoms with Gasteiger partial charge >= 0.3 is 12.2 Å². The third-order valence-corrected chi connectivity index (χ3v) is 7.16. The third kappa shape index (κ3) is 5.94. The molecule has 0 radical (unpaired) electrons. The number of carbonyl (C=O) groups excluding carboxylic acids is 1. The lowest BCUT2D eigenvalue weighted by Gasteiger charge is -2.36. The standard InChI is InChI=1S/C27H29F3N8O2S/c1-4-37(36-10-12-40-13-11-36)25-31-16-21-23(34-35(3)24(21)33-25)18-8-9-22(17(2)14-18)38(41)26(39)32-20-7-5-6-19(15-20)27(28,29)30/h5-9,14-16,41H,4,10-13H2,1-3H3,(H,32,39). The van der Waals surface area contributed by atoms with Crippen molar-refractivity contribution < 1.29 is 22.7 Å². The number of alkyl halides is 3. The highest BCUT2D eigenvalue weighted by molar-refractivity contribution is 7.82. The number of hydrogen-bond donors (Lipinski definition) is 2. The average molecular weight is 587 g/mol. The van der Waals surface area contributed by atoms with Crippen LogP contribution in [0, 0.1) is 6.92 Å². The van der Waals surface area contributed by atoms with Gasteiger partial charge in [-0.1, -0.05) is 24.9 Å². The second-order valence-electron chi connectivity index (χ2n) is 9.48. The second kappa shape index (κ2) is 11.5. The smallest absolute Gasteiger partial charge is 0.379 e. The van der Waals surface area contributed by atoms with Gasteiger partial charge in [0.25, 0.3) is 0 Å². The van der Waals surface area contributed by atoms with Gasteiger partial charge in [-0.2, -0.15) is 23.3 Å². The molecule has 0 unspecified atom stereocenters. The van der Waals surface area contributed by atoms with Crippen LogP contribution < -0.4 is 14.6 Å². The molecule has 10 nitrogen and oxygen atoms in total. The van der Waals surface area contributed by atoms with E-state index in [1.165, 1.54) is 12.1 Å². The number of hydrazine groups is 1. The Kier molecular flexibility index (Phi) is 8.07. The largest absolute Gasteiger partial charge is 0.416 e. The van der Waals surface area contributed by atoms with Crippen molar-refractivity contribution in [2.45, 2.75) is 20.0 Å². The minimum Gasteiger partial charge on any atom is -0.379 e. The molecule has 1 aliphatic heterocycles. The van der Waals surface area contributed by atoms with Gasteiger partial charge in [-0.3, -0.25) is 5.01 Å². The number of urea groups is 1. The first-order valence-corrected chi connectivity index (χ1v) is 13.3. The zero-order valence-electron chi connectivity index (χ0n) is 22.7. The molecule has 0 aliphatic carbocycles. The van der Waals surface area contributed by atoms with Gasteiger partial charge in [0.1, 0.15) is 5.69 Å². The molecule has 0 atom stereocenters. The zero-order valence-corrected chi connectivity index (χ0v) is 23.6. The predicted molar refractivity (Wildman–Crippen MR) is 154 cm³/mol. The number of amides is 2. The van der Waals surface area contributed by atoms with E-state index in [4.69, 9.17) is 14.8 Å². The van der Waals surface area contributed by atoms with E-state index >= 15 is 0 Å². The van der Waals surface area contributed by atoms with E-state index in [1.807, 2.05) is 25.0 Å². The summed E-state index contributed by atoms with van der Waals surface area (Å²) in [5, 5.41) is 12.1. The van der Waals surface area contributed by atoms with Gasteiger partial charge in [-0.25, -0.2) is 23.8 Å². The highest BCUT2D eigenvalue weighted by Gasteiger charge is 2.30. The van der Waals surface area contributed by atoms with Crippen LogP contribution in [-0.2, 0) is 18.0 Å². The first kappa shape index (κ1) is 28.6. The molecule has 0 bridgehead atoms. The fourth-order valence-electron chi connectivity index (χ4n) is 4.73. The number of morpholine rings is 1. The Hall–Kier alpha value is -3.88. The van der Waals surface area contributed by atoms with Crippen LogP contribution in [-0.4, -0.2) is 63.6 Å². The molecule has 41 heavy (non-hydrogen) atoms. The lowest BCUT2D eigenvalue weighted by atomic mass is 10.1. The lowest BCUT2D eigenvalue weighted by Crippen LogP contribution is -2.49. The fourth-order valence-corrected chi connectivity index (χ4v) is 5.00. The van der Waals surface area contributed by atoms with Gasteiger partial charge in [0.2, 0.25) is 5.95 Å². The Balaban J connectivity index is 1.38. The number of aromatic nitrogens is 4. The van der Waals surface area contributed by atoms with Crippen molar-refractivity contribution in [3.8, 4) is 11.3 Å². The van der Waals surface area contributed by atoms with E-state index in [9.17, 15) is 18.0 Å². The number of rotatable bonds is 6. The highest BCUT2D eigenvalue weighted by atomic mass is 32.1. The van der Waals surface area contributed by atoms with Crippen molar-refractivity contribution in [2.24, 2.45) is 7.05 Å². The molecule has 1 saturated heterocycles. The maximum Gasteiger partial charge on any atom is 0.416 e. The predicted octanol–water partition coefficient (Wildman–Crippen LogP) is 5.31. The number of hydrogen-bond acceptors (Lipinski definition) is 8. The van der Waals surface area contributed by atoms with Crippen LogP contribution in [0.2, 0.25) is 0 Å². The van der Waals surface area contributed by atoms with E-state index in [-0.39, 0.29) is 5.69 Å². The topological polar surface area (TPSA) is 91.7 Å². The number of aryl methyl sites for hydroxylation is 2. The Bertz CT molecular complexity index is 1570. The molecule has 1 fully saturated rings. The molecule has 1 N–H and O–H groups in total. The number of carbonyl (C=O) groups is 1. The van der Waals surface area contributed by atoms with Crippen LogP contribution in [0.3, 0.4) is 0 Å². The lowest BCUT2D eigenvalue weighted by molar-refractivity contribution is -0.137. The van der Waals surface area contributed by atoms with Crippen molar-refractivity contribution >= 4 is 47.2 Å². The molecule has 2 aromatic heterocycles. The van der Waals surface area contributed by atoms with Crippen LogP contribution in [0.5, 0.6) is 0 Å². The van der Waals surface area contributed by atoms with Crippen LogP contribution in [0.4, 0.5) is 35.3 Å². The van der Waals surface area contributed by atoms with Gasteiger partial charge in [0, 0.05) is 44.1 Å². The highest BCUT2D eigenvalue weighted by Crippen LogP contribution is 2.33. The van der Waals surface area contributed by atoms with Crippen molar-refractivity contribution in [2.75, 3.05) is 47.5 Å². The average Bonchev–Trinajstić information content (AvgIpc) is 3.29. The first-order valence-electron chi connectivity index (χ1n) is 12.9. The maximum absolute atomic E-state index is 13.0. The van der Waals surface area contributed by atoms with Crippen molar-refractivity contribution in [3.05, 3.63) is 59.8 Å². The summed E-state index contributed by atoms with van der Waals surface area (Å²) in [6, 6.07) is 9.08. The zero-order chi connectivity index (χ0) is 29.3. The van der Waals surface area contributed by atoms with E-state index in [1.54, 1.807) is 29.9 Å². The molecule has 1 aliphatic rings. The van der Waals surface area contributed by atoms with Crippen molar-refractivity contribution in [1.82, 2.24) is 24.8 Å². The van der Waals surface area contributed by atoms with Crippen molar-refractivity contribution in [1.29, 1.82) is 0 Å². The minimum atomic E-state index is -4.52. The minimum absolute atomic E-state index is 0.00716. The maximum atomic E-state index is 13.0. The Morgan fingerprint density at radius 2 is 1.93 bits per heavy atom. The molecule has 2 aromatic carbocycles. The Morgan fingerprint density at radius 1 is 1.17 bits per heavy atom. The normalized spacial score (nSPS) is 14.3. The van der Waals surface area contributed by atoms with Gasteiger partial charge in [-0.05, 0) is 49.7 Å². The number of benzene rings is 2. The number of anilines is 3. The number of nitrogens with zero attached hydrogens (tertiary/aromatic N) is 7. The molecule has 4 aromatic rings. The first-order chi connectivity index (χ1) is 19.6. The SMILES string of the molecule is CCN(c1ncc2c(-c3ccc(N(S)C(=O)Nc4cccc(C(F)(F)F)c4)c(C)c3)nn(C)c2n1)N1CCOCC1. The summed E-state index contributed by atoms with van der Waals surface area (Å²) in [5.74, 6) is 0.584. The summed E-state index contributed by atoms with van der Waals surface area (Å²) < 4.78 is 47.4. The summed E-state index contributed by atoms with van der Waals surface area (Å²) in [6.07, 6.45) is -2.76. The number of halogens is 3. The van der Waals surface area contributed by atoms with Gasteiger partial charge in [-0.15, -0.1) is 0 Å². The van der Waals surface area contributed by atoms with Crippen LogP contribution in [0.1, 0.15) is 18.1 Å². The van der Waals surface area contributed by atoms with Gasteiger partial charge < -0.3 is 10.1 Å². The summed E-state index contributed by atoms with van der Waals surface area (Å²) in [5.41, 5.74) is 2.46. The number of thiol groups is 1. The van der Waals surface area contributed by atoms with Crippen LogP contribution in [0.25, 0.3) is 22.3 Å². The number of fused-ring (bicyclic) bond motifs is 1. The Labute approximate surface area is 240 Å². The van der Waals surface area contributed by atoms with E-state index in [0.717, 1.165) is 40.5 Å². The molecule has 5 rings (SSSR count). The molecule has 0 saturated carbocycles. The van der Waals surface area contributed by atoms with E-state index in [0.29, 0.717) is 48.3 Å². The summed E-state index contributed by atoms with van der Waals surface area (Å²) >= 11 is 4.31. The molecule has 2 amide bonds. The molecule has 0 spiro atoms. The van der Waals surface area contributed by atoms with Gasteiger partial charge in [0.05, 0.1) is 29.9 Å².